The molecule has 5 heteroatoms. The van der Waals surface area contributed by atoms with Crippen molar-refractivity contribution < 1.29 is 19.4 Å². The maximum Gasteiger partial charge on any atom is 0.308 e. The first kappa shape index (κ1) is 17.3. The van der Waals surface area contributed by atoms with Crippen molar-refractivity contribution in [3.05, 3.63) is 29.8 Å². The summed E-state index contributed by atoms with van der Waals surface area (Å²) in [5.41, 5.74) is 1.16. The number of ether oxygens (including phenoxy) is 1. The average Bonchev–Trinajstić information content (AvgIpc) is 2.54. The summed E-state index contributed by atoms with van der Waals surface area (Å²) in [6, 6.07) is 7.90. The number of aliphatic carboxylic acids is 1. The fraction of sp³-hybridized carbons (Fsp3) is 0.556. The van der Waals surface area contributed by atoms with E-state index in [4.69, 9.17) is 9.84 Å². The van der Waals surface area contributed by atoms with Crippen LogP contribution in [0.4, 0.5) is 0 Å². The van der Waals surface area contributed by atoms with E-state index in [1.165, 1.54) is 0 Å². The predicted octanol–water partition coefficient (Wildman–Crippen LogP) is 2.87. The van der Waals surface area contributed by atoms with E-state index in [0.717, 1.165) is 30.6 Å². The van der Waals surface area contributed by atoms with Gasteiger partial charge in [-0.15, -0.1) is 0 Å². The number of benzene rings is 1. The van der Waals surface area contributed by atoms with Crippen LogP contribution in [0.3, 0.4) is 0 Å². The Kier molecular flexibility index (Phi) is 6.44. The lowest BCUT2D eigenvalue weighted by Gasteiger charge is -2.30. The lowest BCUT2D eigenvalue weighted by atomic mass is 9.98. The zero-order valence-electron chi connectivity index (χ0n) is 13.7. The second-order valence-electron chi connectivity index (χ2n) is 6.14. The van der Waals surface area contributed by atoms with E-state index in [-0.39, 0.29) is 5.91 Å². The van der Waals surface area contributed by atoms with Crippen LogP contribution in [0.15, 0.2) is 24.3 Å². The molecule has 0 aromatic heterocycles. The van der Waals surface area contributed by atoms with E-state index in [1.54, 1.807) is 4.90 Å². The summed E-state index contributed by atoms with van der Waals surface area (Å²) in [6.45, 7) is 3.65. The summed E-state index contributed by atoms with van der Waals surface area (Å²) in [5, 5.41) is 9.06. The molecule has 0 spiro atoms. The minimum absolute atomic E-state index is 0.0616. The van der Waals surface area contributed by atoms with Crippen LogP contribution in [0.25, 0.3) is 0 Å². The summed E-state index contributed by atoms with van der Waals surface area (Å²) in [6.07, 6.45) is 3.49. The van der Waals surface area contributed by atoms with Gasteiger partial charge in [0.2, 0.25) is 5.91 Å². The summed E-state index contributed by atoms with van der Waals surface area (Å²) < 4.78 is 5.66. The largest absolute Gasteiger partial charge is 0.494 e. The molecule has 0 unspecified atom stereocenters. The Bertz CT molecular complexity index is 544. The van der Waals surface area contributed by atoms with Gasteiger partial charge in [-0.05, 0) is 50.3 Å². The summed E-state index contributed by atoms with van der Waals surface area (Å²) in [4.78, 5) is 24.9. The van der Waals surface area contributed by atoms with E-state index >= 15 is 0 Å². The summed E-state index contributed by atoms with van der Waals surface area (Å²) >= 11 is 0. The molecule has 1 aliphatic heterocycles. The molecular weight excluding hydrogens is 294 g/mol. The molecule has 1 aromatic rings. The van der Waals surface area contributed by atoms with Crippen LogP contribution in [-0.2, 0) is 9.59 Å². The van der Waals surface area contributed by atoms with Crippen LogP contribution >= 0.6 is 0 Å². The molecule has 23 heavy (non-hydrogen) atoms. The summed E-state index contributed by atoms with van der Waals surface area (Å²) in [5.74, 6) is -0.283. The zero-order valence-corrected chi connectivity index (χ0v) is 13.7. The van der Waals surface area contributed by atoms with Crippen LogP contribution in [0.1, 0.15) is 37.7 Å². The van der Waals surface area contributed by atoms with Crippen molar-refractivity contribution in [1.82, 2.24) is 4.90 Å². The second-order valence-corrected chi connectivity index (χ2v) is 6.14. The van der Waals surface area contributed by atoms with Gasteiger partial charge in [0.15, 0.2) is 0 Å². The number of aryl methyl sites for hydroxylation is 1. The van der Waals surface area contributed by atoms with Gasteiger partial charge >= 0.3 is 5.97 Å². The van der Waals surface area contributed by atoms with Crippen molar-refractivity contribution in [3.63, 3.8) is 0 Å². The van der Waals surface area contributed by atoms with Crippen molar-refractivity contribution in [3.8, 4) is 5.75 Å². The van der Waals surface area contributed by atoms with Gasteiger partial charge in [0.05, 0.1) is 12.5 Å². The van der Waals surface area contributed by atoms with Crippen LogP contribution in [0.2, 0.25) is 0 Å². The standard InChI is InChI=1S/C18H25NO4/c1-14-6-4-8-16(12-14)23-11-3-2-9-17(20)19-10-5-7-15(13-19)18(21)22/h4,6,8,12,15H,2-3,5,7,9-11,13H2,1H3,(H,21,22)/t15-/m1/s1. The molecule has 1 saturated heterocycles. The quantitative estimate of drug-likeness (QED) is 0.785. The van der Waals surface area contributed by atoms with E-state index in [1.807, 2.05) is 31.2 Å². The highest BCUT2D eigenvalue weighted by molar-refractivity contribution is 5.78. The molecule has 0 bridgehead atoms. The molecule has 0 radical (unpaired) electrons. The van der Waals surface area contributed by atoms with Crippen LogP contribution < -0.4 is 4.74 Å². The number of carboxylic acids is 1. The molecule has 0 aliphatic carbocycles. The van der Waals surface area contributed by atoms with E-state index in [2.05, 4.69) is 0 Å². The first-order valence-corrected chi connectivity index (χ1v) is 8.26. The van der Waals surface area contributed by atoms with Crippen molar-refractivity contribution in [1.29, 1.82) is 0 Å². The third kappa shape index (κ3) is 5.58. The number of likely N-dealkylation sites (tertiary alicyclic amines) is 1. The number of unbranched alkanes of at least 4 members (excludes halogenated alkanes) is 1. The van der Waals surface area contributed by atoms with E-state index in [0.29, 0.717) is 32.5 Å². The average molecular weight is 319 g/mol. The maximum absolute atomic E-state index is 12.1. The smallest absolute Gasteiger partial charge is 0.308 e. The number of carbonyl (C=O) groups excluding carboxylic acids is 1. The van der Waals surface area contributed by atoms with Gasteiger partial charge in [0.1, 0.15) is 5.75 Å². The zero-order chi connectivity index (χ0) is 16.7. The van der Waals surface area contributed by atoms with Crippen LogP contribution in [0.5, 0.6) is 5.75 Å². The lowest BCUT2D eigenvalue weighted by Crippen LogP contribution is -2.42. The maximum atomic E-state index is 12.1. The van der Waals surface area contributed by atoms with Crippen molar-refractivity contribution in [2.24, 2.45) is 5.92 Å². The molecule has 126 valence electrons. The number of carboxylic acid groups (broad SMARTS) is 1. The molecule has 1 aliphatic rings. The fourth-order valence-electron chi connectivity index (χ4n) is 2.84. The number of carbonyl (C=O) groups is 2. The molecule has 0 saturated carbocycles. The van der Waals surface area contributed by atoms with E-state index < -0.39 is 11.9 Å². The number of piperidine rings is 1. The topological polar surface area (TPSA) is 66.8 Å². The minimum Gasteiger partial charge on any atom is -0.494 e. The molecule has 1 atom stereocenters. The number of amides is 1. The first-order valence-electron chi connectivity index (χ1n) is 8.26. The Morgan fingerprint density at radius 3 is 2.91 bits per heavy atom. The van der Waals surface area contributed by atoms with Crippen molar-refractivity contribution in [2.75, 3.05) is 19.7 Å². The van der Waals surface area contributed by atoms with Gasteiger partial charge in [-0.2, -0.15) is 0 Å². The molecule has 5 nitrogen and oxygen atoms in total. The predicted molar refractivity (Wildman–Crippen MR) is 87.5 cm³/mol. The van der Waals surface area contributed by atoms with Crippen molar-refractivity contribution in [2.45, 2.75) is 39.0 Å². The first-order chi connectivity index (χ1) is 11.1. The number of hydrogen-bond acceptors (Lipinski definition) is 3. The highest BCUT2D eigenvalue weighted by Crippen LogP contribution is 2.18. The molecule has 1 amide bonds. The Labute approximate surface area is 137 Å². The van der Waals surface area contributed by atoms with Gasteiger partial charge in [-0.1, -0.05) is 12.1 Å². The van der Waals surface area contributed by atoms with Gasteiger partial charge in [-0.25, -0.2) is 0 Å². The molecule has 1 N–H and O–H groups in total. The normalized spacial score (nSPS) is 17.8. The summed E-state index contributed by atoms with van der Waals surface area (Å²) in [7, 11) is 0. The van der Waals surface area contributed by atoms with Gasteiger partial charge in [0, 0.05) is 19.5 Å². The Morgan fingerprint density at radius 1 is 1.35 bits per heavy atom. The molecule has 1 heterocycles. The number of rotatable bonds is 7. The Morgan fingerprint density at radius 2 is 2.17 bits per heavy atom. The van der Waals surface area contributed by atoms with Crippen LogP contribution in [-0.4, -0.2) is 41.6 Å². The highest BCUT2D eigenvalue weighted by Gasteiger charge is 2.27. The lowest BCUT2D eigenvalue weighted by molar-refractivity contribution is -0.145. The van der Waals surface area contributed by atoms with Crippen LogP contribution in [0, 0.1) is 12.8 Å². The molecular formula is C18H25NO4. The Balaban J connectivity index is 1.64. The third-order valence-electron chi connectivity index (χ3n) is 4.17. The fourth-order valence-corrected chi connectivity index (χ4v) is 2.84. The Hall–Kier alpha value is -2.04. The SMILES string of the molecule is Cc1cccc(OCCCCC(=O)N2CCC[C@@H](C(=O)O)C2)c1. The van der Waals surface area contributed by atoms with E-state index in [9.17, 15) is 9.59 Å². The van der Waals surface area contributed by atoms with Gasteiger partial charge in [-0.3, -0.25) is 9.59 Å². The van der Waals surface area contributed by atoms with Crippen molar-refractivity contribution >= 4 is 11.9 Å². The van der Waals surface area contributed by atoms with Gasteiger partial charge < -0.3 is 14.7 Å². The highest BCUT2D eigenvalue weighted by atomic mass is 16.5. The second kappa shape index (κ2) is 8.56. The molecule has 2 rings (SSSR count). The molecule has 1 aromatic carbocycles. The minimum atomic E-state index is -0.797. The monoisotopic (exact) mass is 319 g/mol. The number of nitrogens with zero attached hydrogens (tertiary/aromatic N) is 1. The number of hydrogen-bond donors (Lipinski definition) is 1. The third-order valence-corrected chi connectivity index (χ3v) is 4.17. The van der Waals surface area contributed by atoms with Gasteiger partial charge in [0.25, 0.3) is 0 Å². The molecule has 1 fully saturated rings.